The topological polar surface area (TPSA) is 94.0 Å². The van der Waals surface area contributed by atoms with Gasteiger partial charge in [0.2, 0.25) is 0 Å². The van der Waals surface area contributed by atoms with Crippen molar-refractivity contribution in [2.45, 2.75) is 18.2 Å². The van der Waals surface area contributed by atoms with Crippen LogP contribution in [0.5, 0.6) is 0 Å². The SMILES string of the molecule is CCCNC(=O)c1ccc(S(=O)(=O)n2cncn2)cc1. The Balaban J connectivity index is 2.23. The molecule has 2 rings (SSSR count). The number of carbonyl (C=O) groups is 1. The van der Waals surface area contributed by atoms with Crippen molar-refractivity contribution in [3.05, 3.63) is 42.5 Å². The number of nitrogens with zero attached hydrogens (tertiary/aromatic N) is 3. The van der Waals surface area contributed by atoms with E-state index < -0.39 is 10.0 Å². The molecule has 0 atom stereocenters. The van der Waals surface area contributed by atoms with Gasteiger partial charge >= 0.3 is 0 Å². The molecule has 20 heavy (non-hydrogen) atoms. The first-order valence-electron chi connectivity index (χ1n) is 6.04. The fourth-order valence-corrected chi connectivity index (χ4v) is 2.59. The summed E-state index contributed by atoms with van der Waals surface area (Å²) in [5.41, 5.74) is 0.413. The van der Waals surface area contributed by atoms with E-state index in [0.29, 0.717) is 12.1 Å². The Morgan fingerprint density at radius 3 is 2.55 bits per heavy atom. The summed E-state index contributed by atoms with van der Waals surface area (Å²) in [4.78, 5) is 15.4. The van der Waals surface area contributed by atoms with Gasteiger partial charge in [-0.25, -0.2) is 4.98 Å². The number of rotatable bonds is 5. The van der Waals surface area contributed by atoms with E-state index in [-0.39, 0.29) is 10.8 Å². The van der Waals surface area contributed by atoms with Crippen molar-refractivity contribution < 1.29 is 13.2 Å². The maximum Gasteiger partial charge on any atom is 0.284 e. The summed E-state index contributed by atoms with van der Waals surface area (Å²) in [6.07, 6.45) is 3.09. The second-order valence-electron chi connectivity index (χ2n) is 4.05. The molecular formula is C12H14N4O3S. The predicted molar refractivity (Wildman–Crippen MR) is 71.7 cm³/mol. The van der Waals surface area contributed by atoms with Crippen LogP contribution in [-0.4, -0.2) is 35.0 Å². The summed E-state index contributed by atoms with van der Waals surface area (Å²) in [5.74, 6) is -0.225. The normalized spacial score (nSPS) is 11.2. The van der Waals surface area contributed by atoms with E-state index in [1.165, 1.54) is 24.3 Å². The van der Waals surface area contributed by atoms with Crippen LogP contribution in [0.4, 0.5) is 0 Å². The number of hydrogen-bond acceptors (Lipinski definition) is 5. The fourth-order valence-electron chi connectivity index (χ4n) is 1.55. The van der Waals surface area contributed by atoms with Crippen LogP contribution in [0, 0.1) is 0 Å². The molecule has 0 aliphatic carbocycles. The van der Waals surface area contributed by atoms with E-state index in [9.17, 15) is 13.2 Å². The lowest BCUT2D eigenvalue weighted by molar-refractivity contribution is 0.0953. The summed E-state index contributed by atoms with van der Waals surface area (Å²) in [5, 5.41) is 6.32. The molecule has 1 aromatic heterocycles. The van der Waals surface area contributed by atoms with E-state index in [1.54, 1.807) is 0 Å². The summed E-state index contributed by atoms with van der Waals surface area (Å²) >= 11 is 0. The van der Waals surface area contributed by atoms with Crippen LogP contribution >= 0.6 is 0 Å². The average molecular weight is 294 g/mol. The van der Waals surface area contributed by atoms with Crippen LogP contribution in [-0.2, 0) is 10.0 Å². The number of nitrogens with one attached hydrogen (secondary N) is 1. The quantitative estimate of drug-likeness (QED) is 0.874. The second kappa shape index (κ2) is 5.83. The zero-order valence-corrected chi connectivity index (χ0v) is 11.7. The van der Waals surface area contributed by atoms with Gasteiger partial charge in [0, 0.05) is 12.1 Å². The fraction of sp³-hybridized carbons (Fsp3) is 0.250. The molecule has 1 N–H and O–H groups in total. The molecule has 1 aromatic carbocycles. The summed E-state index contributed by atoms with van der Waals surface area (Å²) in [6, 6.07) is 5.68. The highest BCUT2D eigenvalue weighted by atomic mass is 32.2. The zero-order valence-electron chi connectivity index (χ0n) is 10.9. The minimum atomic E-state index is -3.74. The minimum Gasteiger partial charge on any atom is -0.352 e. The number of hydrogen-bond donors (Lipinski definition) is 1. The van der Waals surface area contributed by atoms with Gasteiger partial charge in [-0.3, -0.25) is 4.79 Å². The first kappa shape index (κ1) is 14.2. The number of amides is 1. The Bertz CT molecular complexity index is 678. The summed E-state index contributed by atoms with van der Waals surface area (Å²) in [6.45, 7) is 2.53. The van der Waals surface area contributed by atoms with Crippen molar-refractivity contribution in [3.63, 3.8) is 0 Å². The second-order valence-corrected chi connectivity index (χ2v) is 5.85. The highest BCUT2D eigenvalue weighted by Crippen LogP contribution is 2.13. The molecule has 0 saturated carbocycles. The number of benzene rings is 1. The van der Waals surface area contributed by atoms with Gasteiger partial charge in [0.05, 0.1) is 4.90 Å². The third kappa shape index (κ3) is 2.85. The smallest absolute Gasteiger partial charge is 0.284 e. The molecule has 0 radical (unpaired) electrons. The Hall–Kier alpha value is -2.22. The van der Waals surface area contributed by atoms with E-state index in [4.69, 9.17) is 0 Å². The third-order valence-electron chi connectivity index (χ3n) is 2.59. The average Bonchev–Trinajstić information content (AvgIpc) is 3.00. The molecule has 0 aliphatic heterocycles. The standard InChI is InChI=1S/C12H14N4O3S/c1-2-7-14-12(17)10-3-5-11(6-4-10)20(18,19)16-9-13-8-15-16/h3-6,8-9H,2,7H2,1H3,(H,14,17). The molecule has 0 bridgehead atoms. The van der Waals surface area contributed by atoms with Crippen molar-refractivity contribution in [3.8, 4) is 0 Å². The van der Waals surface area contributed by atoms with Gasteiger partial charge in [-0.2, -0.15) is 8.42 Å². The van der Waals surface area contributed by atoms with Gasteiger partial charge in [-0.05, 0) is 30.7 Å². The highest BCUT2D eigenvalue weighted by molar-refractivity contribution is 7.89. The first-order chi connectivity index (χ1) is 9.55. The van der Waals surface area contributed by atoms with Gasteiger partial charge in [0.25, 0.3) is 15.9 Å². The van der Waals surface area contributed by atoms with Gasteiger partial charge in [-0.15, -0.1) is 9.19 Å². The number of carbonyl (C=O) groups excluding carboxylic acids is 1. The molecule has 0 unspecified atom stereocenters. The lowest BCUT2D eigenvalue weighted by Gasteiger charge is -2.06. The van der Waals surface area contributed by atoms with Crippen LogP contribution < -0.4 is 5.32 Å². The van der Waals surface area contributed by atoms with Crippen molar-refractivity contribution in [1.29, 1.82) is 0 Å². The largest absolute Gasteiger partial charge is 0.352 e. The Morgan fingerprint density at radius 2 is 2.00 bits per heavy atom. The van der Waals surface area contributed by atoms with Gasteiger partial charge < -0.3 is 5.32 Å². The Kier molecular flexibility index (Phi) is 4.14. The Labute approximate surface area is 116 Å². The maximum absolute atomic E-state index is 12.1. The summed E-state index contributed by atoms with van der Waals surface area (Å²) < 4.78 is 25.0. The molecule has 0 fully saturated rings. The molecule has 7 nitrogen and oxygen atoms in total. The van der Waals surface area contributed by atoms with Crippen LogP contribution in [0.25, 0.3) is 0 Å². The van der Waals surface area contributed by atoms with Crippen LogP contribution in [0.3, 0.4) is 0 Å². The first-order valence-corrected chi connectivity index (χ1v) is 7.48. The molecular weight excluding hydrogens is 280 g/mol. The van der Waals surface area contributed by atoms with Gasteiger partial charge in [0.1, 0.15) is 12.7 Å². The molecule has 0 spiro atoms. The minimum absolute atomic E-state index is 0.0510. The van der Waals surface area contributed by atoms with Crippen LogP contribution in [0.1, 0.15) is 23.7 Å². The third-order valence-corrected chi connectivity index (χ3v) is 4.14. The van der Waals surface area contributed by atoms with Gasteiger partial charge in [-0.1, -0.05) is 6.92 Å². The van der Waals surface area contributed by atoms with E-state index >= 15 is 0 Å². The summed E-state index contributed by atoms with van der Waals surface area (Å²) in [7, 11) is -3.74. The van der Waals surface area contributed by atoms with Crippen molar-refractivity contribution in [2.75, 3.05) is 6.54 Å². The van der Waals surface area contributed by atoms with Crippen LogP contribution in [0.2, 0.25) is 0 Å². The van der Waals surface area contributed by atoms with Gasteiger partial charge in [0.15, 0.2) is 0 Å². The molecule has 0 aliphatic rings. The lowest BCUT2D eigenvalue weighted by atomic mass is 10.2. The van der Waals surface area contributed by atoms with E-state index in [1.807, 2.05) is 6.92 Å². The highest BCUT2D eigenvalue weighted by Gasteiger charge is 2.17. The predicted octanol–water partition coefficient (Wildman–Crippen LogP) is 0.655. The van der Waals surface area contributed by atoms with E-state index in [0.717, 1.165) is 23.2 Å². The van der Waals surface area contributed by atoms with E-state index in [2.05, 4.69) is 15.4 Å². The molecule has 106 valence electrons. The molecule has 0 saturated heterocycles. The van der Waals surface area contributed by atoms with Crippen molar-refractivity contribution >= 4 is 15.9 Å². The Morgan fingerprint density at radius 1 is 1.30 bits per heavy atom. The lowest BCUT2D eigenvalue weighted by Crippen LogP contribution is -2.24. The van der Waals surface area contributed by atoms with Crippen molar-refractivity contribution in [1.82, 2.24) is 19.5 Å². The number of aromatic nitrogens is 3. The molecule has 2 aromatic rings. The van der Waals surface area contributed by atoms with Crippen LogP contribution in [0.15, 0.2) is 41.8 Å². The monoisotopic (exact) mass is 294 g/mol. The molecule has 1 amide bonds. The molecule has 8 heteroatoms. The molecule has 1 heterocycles. The van der Waals surface area contributed by atoms with Crippen molar-refractivity contribution in [2.24, 2.45) is 0 Å². The zero-order chi connectivity index (χ0) is 14.6. The maximum atomic E-state index is 12.1.